The second kappa shape index (κ2) is 6.33. The zero-order valence-electron chi connectivity index (χ0n) is 11.2. The highest BCUT2D eigenvalue weighted by Gasteiger charge is 2.13. The van der Waals surface area contributed by atoms with Crippen LogP contribution in [-0.2, 0) is 17.9 Å². The van der Waals surface area contributed by atoms with Crippen molar-refractivity contribution in [1.82, 2.24) is 25.1 Å². The lowest BCUT2D eigenvalue weighted by molar-refractivity contribution is -0.131. The van der Waals surface area contributed by atoms with E-state index in [1.165, 1.54) is 11.0 Å². The molecule has 0 unspecified atom stereocenters. The number of hydrogen-bond donors (Lipinski definition) is 0. The molecule has 0 saturated heterocycles. The van der Waals surface area contributed by atoms with Crippen LogP contribution in [0.5, 0.6) is 5.75 Å². The number of benzene rings is 1. The van der Waals surface area contributed by atoms with Gasteiger partial charge in [-0.2, -0.15) is 0 Å². The van der Waals surface area contributed by atoms with Crippen LogP contribution in [0.1, 0.15) is 5.56 Å². The number of aromatic nitrogens is 4. The Labute approximate surface area is 121 Å². The molecule has 0 aliphatic heterocycles. The van der Waals surface area contributed by atoms with Gasteiger partial charge in [-0.15, -0.1) is 5.10 Å². The molecule has 0 radical (unpaired) electrons. The number of halogens is 1. The van der Waals surface area contributed by atoms with Gasteiger partial charge in [0.25, 0.3) is 0 Å². The Morgan fingerprint density at radius 2 is 2.30 bits per heavy atom. The molecule has 0 aliphatic rings. The molecule has 1 aromatic carbocycles. The van der Waals surface area contributed by atoms with Gasteiger partial charge in [-0.1, -0.05) is 11.6 Å². The van der Waals surface area contributed by atoms with E-state index < -0.39 is 0 Å². The SMILES string of the molecule is COc1ccc(Cl)cc1CN(C)C(=O)Cn1cnnn1. The minimum atomic E-state index is -0.112. The number of tetrazole rings is 1. The maximum atomic E-state index is 12.0. The molecular formula is C12H14ClN5O2. The highest BCUT2D eigenvalue weighted by Crippen LogP contribution is 2.23. The number of ether oxygens (including phenoxy) is 1. The van der Waals surface area contributed by atoms with Crippen molar-refractivity contribution < 1.29 is 9.53 Å². The number of carbonyl (C=O) groups is 1. The van der Waals surface area contributed by atoms with E-state index >= 15 is 0 Å². The van der Waals surface area contributed by atoms with Crippen LogP contribution in [0, 0.1) is 0 Å². The fraction of sp³-hybridized carbons (Fsp3) is 0.333. The van der Waals surface area contributed by atoms with E-state index in [0.29, 0.717) is 17.3 Å². The highest BCUT2D eigenvalue weighted by molar-refractivity contribution is 6.30. The molecule has 1 heterocycles. The first-order chi connectivity index (χ1) is 9.60. The fourth-order valence-corrected chi connectivity index (χ4v) is 1.92. The Morgan fingerprint density at radius 3 is 2.95 bits per heavy atom. The molecule has 0 bridgehead atoms. The molecule has 2 aromatic rings. The van der Waals surface area contributed by atoms with E-state index in [9.17, 15) is 4.79 Å². The van der Waals surface area contributed by atoms with Crippen molar-refractivity contribution in [2.24, 2.45) is 0 Å². The quantitative estimate of drug-likeness (QED) is 0.822. The number of methoxy groups -OCH3 is 1. The van der Waals surface area contributed by atoms with Crippen molar-refractivity contribution in [3.63, 3.8) is 0 Å². The van der Waals surface area contributed by atoms with Crippen molar-refractivity contribution in [2.45, 2.75) is 13.1 Å². The number of carbonyl (C=O) groups excluding carboxylic acids is 1. The van der Waals surface area contributed by atoms with Gasteiger partial charge in [-0.05, 0) is 28.6 Å². The van der Waals surface area contributed by atoms with Gasteiger partial charge in [0.05, 0.1) is 7.11 Å². The number of hydrogen-bond acceptors (Lipinski definition) is 5. The average Bonchev–Trinajstić information content (AvgIpc) is 2.91. The van der Waals surface area contributed by atoms with Gasteiger partial charge in [0.15, 0.2) is 0 Å². The standard InChI is InChI=1S/C12H14ClN5O2/c1-17(12(19)7-18-8-14-15-16-18)6-9-5-10(13)3-4-11(9)20-2/h3-5,8H,6-7H2,1-2H3. The lowest BCUT2D eigenvalue weighted by Gasteiger charge is -2.18. The zero-order valence-corrected chi connectivity index (χ0v) is 11.9. The Morgan fingerprint density at radius 1 is 1.50 bits per heavy atom. The third kappa shape index (κ3) is 3.45. The van der Waals surface area contributed by atoms with E-state index in [2.05, 4.69) is 15.5 Å². The number of likely N-dealkylation sites (N-methyl/N-ethyl adjacent to an activating group) is 1. The summed E-state index contributed by atoms with van der Waals surface area (Å²) in [5.41, 5.74) is 0.840. The molecule has 1 amide bonds. The summed E-state index contributed by atoms with van der Waals surface area (Å²) in [6, 6.07) is 5.30. The highest BCUT2D eigenvalue weighted by atomic mass is 35.5. The molecule has 20 heavy (non-hydrogen) atoms. The van der Waals surface area contributed by atoms with E-state index in [1.807, 2.05) is 0 Å². The van der Waals surface area contributed by atoms with Crippen molar-refractivity contribution in [1.29, 1.82) is 0 Å². The minimum absolute atomic E-state index is 0.0897. The van der Waals surface area contributed by atoms with Gasteiger partial charge >= 0.3 is 0 Å². The van der Waals surface area contributed by atoms with Crippen LogP contribution in [0.2, 0.25) is 5.02 Å². The summed E-state index contributed by atoms with van der Waals surface area (Å²) in [5, 5.41) is 11.2. The normalized spacial score (nSPS) is 10.3. The molecular weight excluding hydrogens is 282 g/mol. The summed E-state index contributed by atoms with van der Waals surface area (Å²) in [7, 11) is 3.28. The minimum Gasteiger partial charge on any atom is -0.496 e. The number of nitrogens with zero attached hydrogens (tertiary/aromatic N) is 5. The molecule has 2 rings (SSSR count). The number of amides is 1. The molecule has 1 aromatic heterocycles. The maximum Gasteiger partial charge on any atom is 0.244 e. The van der Waals surface area contributed by atoms with E-state index in [-0.39, 0.29) is 12.5 Å². The van der Waals surface area contributed by atoms with Crippen molar-refractivity contribution in [2.75, 3.05) is 14.2 Å². The molecule has 0 aliphatic carbocycles. The predicted molar refractivity (Wildman–Crippen MR) is 72.3 cm³/mol. The first-order valence-corrected chi connectivity index (χ1v) is 6.25. The second-order valence-electron chi connectivity index (χ2n) is 4.21. The van der Waals surface area contributed by atoms with Crippen LogP contribution in [0.4, 0.5) is 0 Å². The van der Waals surface area contributed by atoms with Crippen molar-refractivity contribution in [3.8, 4) is 5.75 Å². The average molecular weight is 296 g/mol. The summed E-state index contributed by atoms with van der Waals surface area (Å²) >= 11 is 5.96. The summed E-state index contributed by atoms with van der Waals surface area (Å²) < 4.78 is 6.62. The molecule has 0 fully saturated rings. The summed E-state index contributed by atoms with van der Waals surface area (Å²) in [4.78, 5) is 13.6. The Kier molecular flexibility index (Phi) is 4.52. The van der Waals surface area contributed by atoms with Crippen LogP contribution in [0.15, 0.2) is 24.5 Å². The van der Waals surface area contributed by atoms with Gasteiger partial charge in [-0.3, -0.25) is 4.79 Å². The predicted octanol–water partition coefficient (Wildman–Crippen LogP) is 0.994. The fourth-order valence-electron chi connectivity index (χ4n) is 1.73. The van der Waals surface area contributed by atoms with Crippen LogP contribution in [0.3, 0.4) is 0 Å². The van der Waals surface area contributed by atoms with Gasteiger partial charge < -0.3 is 9.64 Å². The first-order valence-electron chi connectivity index (χ1n) is 5.87. The Hall–Kier alpha value is -2.15. The van der Waals surface area contributed by atoms with E-state index in [0.717, 1.165) is 5.56 Å². The van der Waals surface area contributed by atoms with E-state index in [4.69, 9.17) is 16.3 Å². The monoisotopic (exact) mass is 295 g/mol. The van der Waals surface area contributed by atoms with Crippen LogP contribution in [-0.4, -0.2) is 45.2 Å². The number of rotatable bonds is 5. The smallest absolute Gasteiger partial charge is 0.244 e. The topological polar surface area (TPSA) is 73.1 Å². The molecule has 0 spiro atoms. The van der Waals surface area contributed by atoms with Crippen LogP contribution in [0.25, 0.3) is 0 Å². The Balaban J connectivity index is 2.05. The lowest BCUT2D eigenvalue weighted by Crippen LogP contribution is -2.30. The van der Waals surface area contributed by atoms with Crippen molar-refractivity contribution >= 4 is 17.5 Å². The molecule has 8 heteroatoms. The molecule has 7 nitrogen and oxygen atoms in total. The van der Waals surface area contributed by atoms with E-state index in [1.54, 1.807) is 37.3 Å². The first kappa shape index (κ1) is 14.3. The lowest BCUT2D eigenvalue weighted by atomic mass is 10.2. The molecule has 0 saturated carbocycles. The maximum absolute atomic E-state index is 12.0. The third-order valence-corrected chi connectivity index (χ3v) is 3.00. The van der Waals surface area contributed by atoms with Crippen LogP contribution < -0.4 is 4.74 Å². The van der Waals surface area contributed by atoms with Gasteiger partial charge in [0, 0.05) is 24.2 Å². The van der Waals surface area contributed by atoms with Crippen molar-refractivity contribution in [3.05, 3.63) is 35.1 Å². The van der Waals surface area contributed by atoms with Crippen LogP contribution >= 0.6 is 11.6 Å². The summed E-state index contributed by atoms with van der Waals surface area (Å²) in [6.07, 6.45) is 1.39. The summed E-state index contributed by atoms with van der Waals surface area (Å²) in [5.74, 6) is 0.579. The third-order valence-electron chi connectivity index (χ3n) is 2.76. The van der Waals surface area contributed by atoms with Gasteiger partial charge in [0.2, 0.25) is 5.91 Å². The van der Waals surface area contributed by atoms with Gasteiger partial charge in [-0.25, -0.2) is 4.68 Å². The second-order valence-corrected chi connectivity index (χ2v) is 4.65. The zero-order chi connectivity index (χ0) is 14.5. The largest absolute Gasteiger partial charge is 0.496 e. The van der Waals surface area contributed by atoms with Gasteiger partial charge in [0.1, 0.15) is 18.6 Å². The Bertz CT molecular complexity index is 588. The molecule has 0 N–H and O–H groups in total. The molecule has 0 atom stereocenters. The summed E-state index contributed by atoms with van der Waals surface area (Å²) in [6.45, 7) is 0.483. The molecule has 106 valence electrons.